The number of carbonyl (C=O) groups excluding carboxylic acids is 1. The smallest absolute Gasteiger partial charge is 0.317 e. The molecule has 0 saturated heterocycles. The lowest BCUT2D eigenvalue weighted by molar-refractivity contribution is -0.150. The molecule has 1 fully saturated rings. The van der Waals surface area contributed by atoms with E-state index in [0.717, 1.165) is 19.3 Å². The number of carbonyl (C=O) groups is 2. The predicted octanol–water partition coefficient (Wildman–Crippen LogP) is 3.10. The van der Waals surface area contributed by atoms with Gasteiger partial charge in [0.15, 0.2) is 0 Å². The van der Waals surface area contributed by atoms with Gasteiger partial charge in [-0.15, -0.1) is 0 Å². The summed E-state index contributed by atoms with van der Waals surface area (Å²) in [6.07, 6.45) is 4.25. The fraction of sp³-hybridized carbons (Fsp3) is 0.875. The molecule has 1 unspecified atom stereocenters. The Bertz CT molecular complexity index is 381. The highest BCUT2D eigenvalue weighted by Gasteiger charge is 2.40. The number of carboxylic acid groups (broad SMARTS) is 1. The average molecular weight is 298 g/mol. The Morgan fingerprint density at radius 1 is 1.24 bits per heavy atom. The Morgan fingerprint density at radius 2 is 1.76 bits per heavy atom. The van der Waals surface area contributed by atoms with E-state index in [1.54, 1.807) is 11.9 Å². The number of urea groups is 1. The third kappa shape index (κ3) is 4.35. The summed E-state index contributed by atoms with van der Waals surface area (Å²) in [5.41, 5.74) is -0.791. The minimum atomic E-state index is -0.783. The molecule has 2 amide bonds. The number of carboxylic acids is 1. The fourth-order valence-electron chi connectivity index (χ4n) is 2.82. The lowest BCUT2D eigenvalue weighted by atomic mass is 9.74. The lowest BCUT2D eigenvalue weighted by Crippen LogP contribution is -2.51. The van der Waals surface area contributed by atoms with Crippen LogP contribution in [0.4, 0.5) is 4.79 Å². The van der Waals surface area contributed by atoms with Crippen LogP contribution in [0.1, 0.15) is 59.8 Å². The molecule has 1 atom stereocenters. The Kier molecular flexibility index (Phi) is 5.65. The van der Waals surface area contributed by atoms with Crippen molar-refractivity contribution in [1.29, 1.82) is 0 Å². The van der Waals surface area contributed by atoms with Gasteiger partial charge < -0.3 is 15.3 Å². The maximum Gasteiger partial charge on any atom is 0.317 e. The molecule has 0 aliphatic heterocycles. The van der Waals surface area contributed by atoms with E-state index in [1.165, 1.54) is 0 Å². The molecule has 0 spiro atoms. The summed E-state index contributed by atoms with van der Waals surface area (Å²) >= 11 is 0. The van der Waals surface area contributed by atoms with Crippen molar-refractivity contribution in [2.45, 2.75) is 65.8 Å². The highest BCUT2D eigenvalue weighted by Crippen LogP contribution is 2.36. The van der Waals surface area contributed by atoms with E-state index in [0.29, 0.717) is 12.8 Å². The van der Waals surface area contributed by atoms with Crippen LogP contribution in [0.5, 0.6) is 0 Å². The maximum absolute atomic E-state index is 12.3. The van der Waals surface area contributed by atoms with Crippen LogP contribution in [0.2, 0.25) is 0 Å². The first-order valence-corrected chi connectivity index (χ1v) is 7.84. The van der Waals surface area contributed by atoms with Crippen molar-refractivity contribution in [3.63, 3.8) is 0 Å². The topological polar surface area (TPSA) is 69.6 Å². The molecular weight excluding hydrogens is 268 g/mol. The molecule has 1 aliphatic rings. The summed E-state index contributed by atoms with van der Waals surface area (Å²) in [7, 11) is 1.76. The molecule has 1 aliphatic carbocycles. The number of amides is 2. The van der Waals surface area contributed by atoms with Crippen LogP contribution in [0, 0.1) is 10.8 Å². The number of nitrogens with one attached hydrogen (secondary N) is 1. The van der Waals surface area contributed by atoms with Crippen LogP contribution in [0.25, 0.3) is 0 Å². The van der Waals surface area contributed by atoms with E-state index in [1.807, 2.05) is 6.92 Å². The summed E-state index contributed by atoms with van der Waals surface area (Å²) in [6.45, 7) is 8.49. The third-order valence-electron chi connectivity index (χ3n) is 5.00. The average Bonchev–Trinajstić information content (AvgIpc) is 2.43. The quantitative estimate of drug-likeness (QED) is 0.838. The molecular formula is C16H30N2O3. The summed E-state index contributed by atoms with van der Waals surface area (Å²) in [4.78, 5) is 25.5. The molecule has 5 heteroatoms. The van der Waals surface area contributed by atoms with Gasteiger partial charge >= 0.3 is 12.0 Å². The Balaban J connectivity index is 2.64. The molecule has 0 heterocycles. The van der Waals surface area contributed by atoms with E-state index in [9.17, 15) is 14.7 Å². The van der Waals surface area contributed by atoms with Crippen molar-refractivity contribution >= 4 is 12.0 Å². The van der Waals surface area contributed by atoms with Gasteiger partial charge in [0.1, 0.15) is 0 Å². The number of nitrogens with zero attached hydrogens (tertiary/aromatic N) is 1. The summed E-state index contributed by atoms with van der Waals surface area (Å²) in [5.74, 6) is -0.783. The van der Waals surface area contributed by atoms with Crippen molar-refractivity contribution in [3.8, 4) is 0 Å². The van der Waals surface area contributed by atoms with Crippen LogP contribution >= 0.6 is 0 Å². The monoisotopic (exact) mass is 298 g/mol. The first-order valence-electron chi connectivity index (χ1n) is 7.84. The second kappa shape index (κ2) is 6.67. The zero-order chi connectivity index (χ0) is 16.3. The molecule has 122 valence electrons. The van der Waals surface area contributed by atoms with Crippen LogP contribution in [0.15, 0.2) is 0 Å². The van der Waals surface area contributed by atoms with Crippen molar-refractivity contribution in [2.75, 3.05) is 13.6 Å². The Hall–Kier alpha value is -1.26. The zero-order valence-corrected chi connectivity index (χ0v) is 14.0. The van der Waals surface area contributed by atoms with Crippen LogP contribution in [-0.4, -0.2) is 41.6 Å². The van der Waals surface area contributed by atoms with Crippen molar-refractivity contribution in [1.82, 2.24) is 10.2 Å². The SMILES string of the molecule is CC(N(C)C(=O)NCC1(C(=O)O)CCCCC1)C(C)(C)C. The largest absolute Gasteiger partial charge is 0.481 e. The van der Waals surface area contributed by atoms with E-state index < -0.39 is 11.4 Å². The summed E-state index contributed by atoms with van der Waals surface area (Å²) in [6, 6.07) is -0.117. The highest BCUT2D eigenvalue weighted by atomic mass is 16.4. The van der Waals surface area contributed by atoms with Crippen molar-refractivity contribution in [2.24, 2.45) is 10.8 Å². The Labute approximate surface area is 128 Å². The van der Waals surface area contributed by atoms with Crippen molar-refractivity contribution < 1.29 is 14.7 Å². The van der Waals surface area contributed by atoms with E-state index in [-0.39, 0.29) is 24.0 Å². The first-order chi connectivity index (χ1) is 9.60. The number of aliphatic carboxylic acids is 1. The maximum atomic E-state index is 12.3. The van der Waals surface area contributed by atoms with Crippen molar-refractivity contribution in [3.05, 3.63) is 0 Å². The zero-order valence-electron chi connectivity index (χ0n) is 14.0. The van der Waals surface area contributed by atoms with Gasteiger partial charge in [0.2, 0.25) is 0 Å². The molecule has 1 rings (SSSR count). The molecule has 0 radical (unpaired) electrons. The van der Waals surface area contributed by atoms with E-state index in [4.69, 9.17) is 0 Å². The molecule has 0 aromatic heterocycles. The van der Waals surface area contributed by atoms with Gasteiger partial charge in [-0.3, -0.25) is 4.79 Å². The van der Waals surface area contributed by atoms with E-state index in [2.05, 4.69) is 26.1 Å². The summed E-state index contributed by atoms with van der Waals surface area (Å²) < 4.78 is 0. The lowest BCUT2D eigenvalue weighted by Gasteiger charge is -2.37. The predicted molar refractivity (Wildman–Crippen MR) is 83.2 cm³/mol. The minimum absolute atomic E-state index is 0.0125. The molecule has 0 aromatic rings. The normalized spacial score (nSPS) is 19.7. The number of hydrogen-bond acceptors (Lipinski definition) is 2. The standard InChI is InChI=1S/C16H30N2O3/c1-12(15(2,3)4)18(5)14(21)17-11-16(13(19)20)9-7-6-8-10-16/h12H,6-11H2,1-5H3,(H,17,21)(H,19,20). The van der Waals surface area contributed by atoms with Gasteiger partial charge in [0.05, 0.1) is 5.41 Å². The minimum Gasteiger partial charge on any atom is -0.481 e. The fourth-order valence-corrected chi connectivity index (χ4v) is 2.82. The third-order valence-corrected chi connectivity index (χ3v) is 5.00. The highest BCUT2D eigenvalue weighted by molar-refractivity contribution is 5.78. The Morgan fingerprint density at radius 3 is 2.19 bits per heavy atom. The van der Waals surface area contributed by atoms with Gasteiger partial charge in [0.25, 0.3) is 0 Å². The first kappa shape index (κ1) is 17.8. The van der Waals surface area contributed by atoms with Gasteiger partial charge in [0, 0.05) is 19.6 Å². The van der Waals surface area contributed by atoms with Crippen LogP contribution in [-0.2, 0) is 4.79 Å². The van der Waals surface area contributed by atoms with Gasteiger partial charge in [-0.05, 0) is 25.2 Å². The number of rotatable bonds is 4. The molecule has 21 heavy (non-hydrogen) atoms. The summed E-state index contributed by atoms with van der Waals surface area (Å²) in [5, 5.41) is 12.3. The number of hydrogen-bond donors (Lipinski definition) is 2. The molecule has 2 N–H and O–H groups in total. The molecule has 0 aromatic carbocycles. The molecule has 5 nitrogen and oxygen atoms in total. The van der Waals surface area contributed by atoms with Crippen LogP contribution in [0.3, 0.4) is 0 Å². The van der Waals surface area contributed by atoms with Gasteiger partial charge in [-0.1, -0.05) is 40.0 Å². The van der Waals surface area contributed by atoms with Gasteiger partial charge in [-0.2, -0.15) is 0 Å². The second-order valence-electron chi connectivity index (χ2n) is 7.46. The van der Waals surface area contributed by atoms with E-state index >= 15 is 0 Å². The second-order valence-corrected chi connectivity index (χ2v) is 7.46. The molecule has 1 saturated carbocycles. The van der Waals surface area contributed by atoms with Gasteiger partial charge in [-0.25, -0.2) is 4.79 Å². The molecule has 0 bridgehead atoms. The van der Waals surface area contributed by atoms with Crippen LogP contribution < -0.4 is 5.32 Å².